The number of ketones is 1. The SMILES string of the molecule is CNC(=O)CC(=O)[C@@H]1C[C@@H](O)CN1. The number of Topliss-reactive ketones (excluding diaryl/α,β-unsaturated/α-hetero) is 1. The topological polar surface area (TPSA) is 78.4 Å². The molecule has 5 nitrogen and oxygen atoms in total. The highest BCUT2D eigenvalue weighted by Crippen LogP contribution is 2.08. The molecule has 0 aromatic rings. The van der Waals surface area contributed by atoms with Gasteiger partial charge in [-0.25, -0.2) is 0 Å². The van der Waals surface area contributed by atoms with Crippen LogP contribution in [0.1, 0.15) is 12.8 Å². The molecule has 5 heteroatoms. The minimum atomic E-state index is -0.460. The van der Waals surface area contributed by atoms with Gasteiger partial charge in [-0.05, 0) is 6.42 Å². The van der Waals surface area contributed by atoms with Crippen molar-refractivity contribution in [2.24, 2.45) is 0 Å². The van der Waals surface area contributed by atoms with E-state index in [1.165, 1.54) is 7.05 Å². The molecule has 0 spiro atoms. The number of carbonyl (C=O) groups excluding carboxylic acids is 2. The molecular formula is C8H14N2O3. The lowest BCUT2D eigenvalue weighted by Gasteiger charge is -2.07. The fourth-order valence-corrected chi connectivity index (χ4v) is 1.33. The zero-order valence-corrected chi connectivity index (χ0v) is 7.54. The third-order valence-corrected chi connectivity index (χ3v) is 2.11. The summed E-state index contributed by atoms with van der Waals surface area (Å²) in [7, 11) is 1.49. The molecule has 0 aromatic carbocycles. The van der Waals surface area contributed by atoms with Crippen molar-refractivity contribution in [3.63, 3.8) is 0 Å². The Hall–Kier alpha value is -0.940. The van der Waals surface area contributed by atoms with Crippen molar-refractivity contribution in [2.45, 2.75) is 25.0 Å². The molecule has 0 aromatic heterocycles. The van der Waals surface area contributed by atoms with E-state index < -0.39 is 6.10 Å². The molecule has 1 aliphatic heterocycles. The Morgan fingerprint density at radius 2 is 2.31 bits per heavy atom. The molecule has 2 atom stereocenters. The van der Waals surface area contributed by atoms with E-state index in [4.69, 9.17) is 5.11 Å². The van der Waals surface area contributed by atoms with Gasteiger partial charge in [-0.1, -0.05) is 0 Å². The quantitative estimate of drug-likeness (QED) is 0.464. The second kappa shape index (κ2) is 4.34. The molecule has 74 valence electrons. The van der Waals surface area contributed by atoms with Gasteiger partial charge in [0.25, 0.3) is 0 Å². The fourth-order valence-electron chi connectivity index (χ4n) is 1.33. The average molecular weight is 186 g/mol. The van der Waals surface area contributed by atoms with E-state index in [2.05, 4.69) is 10.6 Å². The number of β-amino-alcohol motifs (C(OH)–C–C–N with tert-alkyl or cyclic N) is 1. The number of amides is 1. The number of nitrogens with one attached hydrogen (secondary N) is 2. The normalized spacial score (nSPS) is 27.2. The molecule has 1 amide bonds. The summed E-state index contributed by atoms with van der Waals surface area (Å²) in [6.07, 6.45) is -0.157. The van der Waals surface area contributed by atoms with Crippen molar-refractivity contribution in [2.75, 3.05) is 13.6 Å². The van der Waals surface area contributed by atoms with Gasteiger partial charge in [0.15, 0.2) is 5.78 Å². The molecule has 0 aliphatic carbocycles. The van der Waals surface area contributed by atoms with Crippen molar-refractivity contribution in [1.29, 1.82) is 0 Å². The summed E-state index contributed by atoms with van der Waals surface area (Å²) in [6, 6.07) is -0.354. The van der Waals surface area contributed by atoms with E-state index in [9.17, 15) is 9.59 Å². The van der Waals surface area contributed by atoms with Crippen molar-refractivity contribution in [3.05, 3.63) is 0 Å². The van der Waals surface area contributed by atoms with Gasteiger partial charge in [-0.2, -0.15) is 0 Å². The van der Waals surface area contributed by atoms with Gasteiger partial charge in [-0.3, -0.25) is 9.59 Å². The Morgan fingerprint density at radius 3 is 2.77 bits per heavy atom. The maximum absolute atomic E-state index is 11.3. The molecule has 1 rings (SSSR count). The van der Waals surface area contributed by atoms with Crippen LogP contribution >= 0.6 is 0 Å². The Kier molecular flexibility index (Phi) is 3.39. The van der Waals surface area contributed by atoms with E-state index in [0.717, 1.165) is 0 Å². The van der Waals surface area contributed by atoms with Crippen molar-refractivity contribution < 1.29 is 14.7 Å². The Balaban J connectivity index is 2.36. The molecule has 0 saturated carbocycles. The molecule has 0 bridgehead atoms. The second-order valence-electron chi connectivity index (χ2n) is 3.17. The van der Waals surface area contributed by atoms with Crippen LogP contribution < -0.4 is 10.6 Å². The maximum Gasteiger partial charge on any atom is 0.227 e. The number of hydrogen-bond acceptors (Lipinski definition) is 4. The molecule has 0 radical (unpaired) electrons. The molecule has 1 saturated heterocycles. The van der Waals surface area contributed by atoms with Crippen molar-refractivity contribution in [3.8, 4) is 0 Å². The predicted molar refractivity (Wildman–Crippen MR) is 46.1 cm³/mol. The molecule has 1 aliphatic rings. The Morgan fingerprint density at radius 1 is 1.62 bits per heavy atom. The van der Waals surface area contributed by atoms with Gasteiger partial charge >= 0.3 is 0 Å². The highest BCUT2D eigenvalue weighted by molar-refractivity contribution is 6.00. The summed E-state index contributed by atoms with van der Waals surface area (Å²) in [5.41, 5.74) is 0. The van der Waals surface area contributed by atoms with Crippen LogP contribution in [0.5, 0.6) is 0 Å². The van der Waals surface area contributed by atoms with Gasteiger partial charge in [0.1, 0.15) is 0 Å². The summed E-state index contributed by atoms with van der Waals surface area (Å²) in [4.78, 5) is 22.2. The van der Waals surface area contributed by atoms with Crippen LogP contribution in [0.15, 0.2) is 0 Å². The summed E-state index contributed by atoms with van der Waals surface area (Å²) in [5, 5.41) is 14.4. The highest BCUT2D eigenvalue weighted by atomic mass is 16.3. The highest BCUT2D eigenvalue weighted by Gasteiger charge is 2.28. The van der Waals surface area contributed by atoms with Gasteiger partial charge in [0, 0.05) is 13.6 Å². The third kappa shape index (κ3) is 2.78. The van der Waals surface area contributed by atoms with Crippen molar-refractivity contribution >= 4 is 11.7 Å². The van der Waals surface area contributed by atoms with Crippen molar-refractivity contribution in [1.82, 2.24) is 10.6 Å². The molecule has 3 N–H and O–H groups in total. The summed E-state index contributed by atoms with van der Waals surface area (Å²) < 4.78 is 0. The van der Waals surface area contributed by atoms with Crippen LogP contribution in [0.4, 0.5) is 0 Å². The van der Waals surface area contributed by atoms with Gasteiger partial charge < -0.3 is 15.7 Å². The number of hydrogen-bond donors (Lipinski definition) is 3. The third-order valence-electron chi connectivity index (χ3n) is 2.11. The first kappa shape index (κ1) is 10.1. The van der Waals surface area contributed by atoms with E-state index in [-0.39, 0.29) is 24.2 Å². The summed E-state index contributed by atoms with van der Waals surface area (Å²) >= 11 is 0. The van der Waals surface area contributed by atoms with Gasteiger partial charge in [0.05, 0.1) is 18.6 Å². The first-order valence-electron chi connectivity index (χ1n) is 4.28. The lowest BCUT2D eigenvalue weighted by Crippen LogP contribution is -2.34. The molecule has 13 heavy (non-hydrogen) atoms. The minimum absolute atomic E-state index is 0.110. The molecule has 0 unspecified atom stereocenters. The molecular weight excluding hydrogens is 172 g/mol. The number of aliphatic hydroxyl groups excluding tert-OH is 1. The van der Waals surface area contributed by atoms with Gasteiger partial charge in [-0.15, -0.1) is 0 Å². The molecule has 1 heterocycles. The predicted octanol–water partition coefficient (Wildman–Crippen LogP) is -1.59. The smallest absolute Gasteiger partial charge is 0.227 e. The summed E-state index contributed by atoms with van der Waals surface area (Å²) in [5.74, 6) is -0.441. The number of aliphatic hydroxyl groups is 1. The first-order valence-corrected chi connectivity index (χ1v) is 4.28. The van der Waals surface area contributed by atoms with Crippen LogP contribution in [-0.2, 0) is 9.59 Å². The maximum atomic E-state index is 11.3. The van der Waals surface area contributed by atoms with Crippen LogP contribution in [-0.4, -0.2) is 42.5 Å². The lowest BCUT2D eigenvalue weighted by molar-refractivity contribution is -0.128. The van der Waals surface area contributed by atoms with Crippen LogP contribution in [0.25, 0.3) is 0 Å². The standard InChI is InChI=1S/C8H14N2O3/c1-9-8(13)3-7(12)6-2-5(11)4-10-6/h5-6,10-11H,2-4H2,1H3,(H,9,13)/t5-,6+/m1/s1. The van der Waals surface area contributed by atoms with Gasteiger partial charge in [0.2, 0.25) is 5.91 Å². The number of carbonyl (C=O) groups is 2. The largest absolute Gasteiger partial charge is 0.392 e. The monoisotopic (exact) mass is 186 g/mol. The lowest BCUT2D eigenvalue weighted by atomic mass is 10.1. The minimum Gasteiger partial charge on any atom is -0.392 e. The first-order chi connectivity index (χ1) is 6.13. The van der Waals surface area contributed by atoms with E-state index in [0.29, 0.717) is 13.0 Å². The van der Waals surface area contributed by atoms with E-state index in [1.807, 2.05) is 0 Å². The van der Waals surface area contributed by atoms with Crippen LogP contribution in [0.2, 0.25) is 0 Å². The van der Waals surface area contributed by atoms with Crippen LogP contribution in [0.3, 0.4) is 0 Å². The summed E-state index contributed by atoms with van der Waals surface area (Å²) in [6.45, 7) is 0.435. The van der Waals surface area contributed by atoms with E-state index >= 15 is 0 Å². The fraction of sp³-hybridized carbons (Fsp3) is 0.750. The Labute approximate surface area is 76.5 Å². The average Bonchev–Trinajstić information content (AvgIpc) is 2.51. The second-order valence-corrected chi connectivity index (χ2v) is 3.17. The van der Waals surface area contributed by atoms with Crippen LogP contribution in [0, 0.1) is 0 Å². The number of rotatable bonds is 3. The molecule has 1 fully saturated rings. The zero-order chi connectivity index (χ0) is 9.84. The Bertz CT molecular complexity index is 217. The zero-order valence-electron chi connectivity index (χ0n) is 7.54. The van der Waals surface area contributed by atoms with E-state index in [1.54, 1.807) is 0 Å².